The number of benzene rings is 3. The molecule has 1 amide bonds. The maximum Gasteiger partial charge on any atom is 0.337 e. The van der Waals surface area contributed by atoms with E-state index in [4.69, 9.17) is 4.74 Å². The van der Waals surface area contributed by atoms with Crippen molar-refractivity contribution in [2.45, 2.75) is 37.6 Å². The Morgan fingerprint density at radius 1 is 0.878 bits per heavy atom. The van der Waals surface area contributed by atoms with Gasteiger partial charge < -0.3 is 25.4 Å². The Hall–Kier alpha value is -4.76. The molecular weight excluding hydrogens is 518 g/mol. The molecule has 5 rings (SSSR count). The van der Waals surface area contributed by atoms with Crippen molar-refractivity contribution < 1.29 is 19.4 Å². The van der Waals surface area contributed by atoms with Crippen molar-refractivity contribution >= 4 is 23.5 Å². The first-order valence-electron chi connectivity index (χ1n) is 13.8. The molecule has 9 heteroatoms. The largest absolute Gasteiger partial charge is 0.451 e. The number of anilines is 2. The van der Waals surface area contributed by atoms with Crippen molar-refractivity contribution in [3.63, 3.8) is 0 Å². The van der Waals surface area contributed by atoms with Gasteiger partial charge in [-0.3, -0.25) is 4.79 Å². The fraction of sp³-hybridized carbons (Fsp3) is 0.250. The molecule has 1 aliphatic heterocycles. The Bertz CT molecular complexity index is 1370. The molecule has 3 aromatic carbocycles. The molecule has 1 aliphatic rings. The third-order valence-corrected chi connectivity index (χ3v) is 6.99. The van der Waals surface area contributed by atoms with Gasteiger partial charge in [-0.25, -0.2) is 14.8 Å². The van der Waals surface area contributed by atoms with E-state index in [1.54, 1.807) is 30.6 Å². The number of aliphatic hydroxyl groups is 1. The number of rotatable bonds is 10. The molecule has 1 saturated heterocycles. The van der Waals surface area contributed by atoms with Crippen molar-refractivity contribution in [3.05, 3.63) is 120 Å². The van der Waals surface area contributed by atoms with Gasteiger partial charge in [0.15, 0.2) is 12.2 Å². The zero-order chi connectivity index (χ0) is 28.4. The van der Waals surface area contributed by atoms with Gasteiger partial charge in [0.2, 0.25) is 5.95 Å². The SMILES string of the molecule is O=C(NC[C@H](O)C(=O)OC(c1ccccc1)c1ccccc1)c1ccc(N2CCCC[C@H]2Nc2ncccn2)cc1. The average Bonchev–Trinajstić information content (AvgIpc) is 3.04. The third-order valence-electron chi connectivity index (χ3n) is 6.99. The first kappa shape index (κ1) is 27.8. The Morgan fingerprint density at radius 2 is 1.51 bits per heavy atom. The van der Waals surface area contributed by atoms with Crippen LogP contribution in [0.1, 0.15) is 46.9 Å². The minimum atomic E-state index is -1.52. The van der Waals surface area contributed by atoms with Crippen molar-refractivity contribution in [2.75, 3.05) is 23.3 Å². The number of carbonyl (C=O) groups excluding carboxylic acids is 2. The molecule has 0 saturated carbocycles. The summed E-state index contributed by atoms with van der Waals surface area (Å²) < 4.78 is 5.70. The summed E-state index contributed by atoms with van der Waals surface area (Å²) in [6.07, 6.45) is 4.38. The molecule has 0 bridgehead atoms. The number of nitrogens with zero attached hydrogens (tertiary/aromatic N) is 3. The molecule has 4 aromatic rings. The Labute approximate surface area is 239 Å². The van der Waals surface area contributed by atoms with Gasteiger partial charge in [-0.2, -0.15) is 0 Å². The van der Waals surface area contributed by atoms with Crippen LogP contribution in [0.3, 0.4) is 0 Å². The van der Waals surface area contributed by atoms with Gasteiger partial charge in [-0.1, -0.05) is 60.7 Å². The number of carbonyl (C=O) groups is 2. The van der Waals surface area contributed by atoms with E-state index < -0.39 is 24.1 Å². The summed E-state index contributed by atoms with van der Waals surface area (Å²) in [7, 11) is 0. The predicted molar refractivity (Wildman–Crippen MR) is 156 cm³/mol. The lowest BCUT2D eigenvalue weighted by atomic mass is 10.0. The quantitative estimate of drug-likeness (QED) is 0.250. The number of hydrogen-bond donors (Lipinski definition) is 3. The molecule has 210 valence electrons. The number of piperidine rings is 1. The lowest BCUT2D eigenvalue weighted by Crippen LogP contribution is -2.45. The molecule has 1 fully saturated rings. The highest BCUT2D eigenvalue weighted by atomic mass is 16.6. The van der Waals surface area contributed by atoms with Crippen LogP contribution in [0.5, 0.6) is 0 Å². The van der Waals surface area contributed by atoms with E-state index in [0.29, 0.717) is 11.5 Å². The number of ether oxygens (including phenoxy) is 1. The highest BCUT2D eigenvalue weighted by Crippen LogP contribution is 2.27. The maximum atomic E-state index is 12.8. The van der Waals surface area contributed by atoms with Crippen molar-refractivity contribution in [3.8, 4) is 0 Å². The van der Waals surface area contributed by atoms with Gasteiger partial charge in [0.1, 0.15) is 6.17 Å². The first-order valence-corrected chi connectivity index (χ1v) is 13.8. The van der Waals surface area contributed by atoms with Gasteiger partial charge >= 0.3 is 5.97 Å². The van der Waals surface area contributed by atoms with E-state index in [1.165, 1.54) is 0 Å². The Morgan fingerprint density at radius 3 is 2.15 bits per heavy atom. The van der Waals surface area contributed by atoms with Crippen LogP contribution in [0.2, 0.25) is 0 Å². The van der Waals surface area contributed by atoms with Crippen LogP contribution in [0.25, 0.3) is 0 Å². The summed E-state index contributed by atoms with van der Waals surface area (Å²) in [5, 5.41) is 16.5. The van der Waals surface area contributed by atoms with Crippen LogP contribution < -0.4 is 15.5 Å². The number of esters is 1. The predicted octanol–water partition coefficient (Wildman–Crippen LogP) is 4.33. The van der Waals surface area contributed by atoms with Gasteiger partial charge in [0.25, 0.3) is 5.91 Å². The number of nitrogens with one attached hydrogen (secondary N) is 2. The Kier molecular flexibility index (Phi) is 9.18. The number of amides is 1. The van der Waals surface area contributed by atoms with Crippen molar-refractivity contribution in [1.29, 1.82) is 0 Å². The van der Waals surface area contributed by atoms with E-state index in [1.807, 2.05) is 72.8 Å². The second-order valence-electron chi connectivity index (χ2n) is 9.83. The van der Waals surface area contributed by atoms with Crippen LogP contribution in [0.15, 0.2) is 103 Å². The normalized spacial score (nSPS) is 15.7. The lowest BCUT2D eigenvalue weighted by Gasteiger charge is -2.38. The van der Waals surface area contributed by atoms with E-state index in [2.05, 4.69) is 25.5 Å². The monoisotopic (exact) mass is 551 g/mol. The van der Waals surface area contributed by atoms with Crippen LogP contribution in [-0.2, 0) is 9.53 Å². The topological polar surface area (TPSA) is 117 Å². The standard InChI is InChI=1S/C32H33N5O4/c38-27(31(40)41-29(23-10-3-1-4-11-23)24-12-5-2-6-13-24)22-35-30(39)25-15-17-26(18-16-25)37-21-8-7-14-28(37)36-32-33-19-9-20-34-32/h1-6,9-13,15-20,27-29,38H,7-8,14,21-22H2,(H,35,39)(H,33,34,36)/t27-,28-/m0/s1. The van der Waals surface area contributed by atoms with Crippen molar-refractivity contribution in [2.24, 2.45) is 0 Å². The molecule has 2 atom stereocenters. The van der Waals surface area contributed by atoms with Crippen LogP contribution in [0, 0.1) is 0 Å². The number of hydrogen-bond acceptors (Lipinski definition) is 8. The minimum Gasteiger partial charge on any atom is -0.451 e. The third kappa shape index (κ3) is 7.26. The molecular formula is C32H33N5O4. The second kappa shape index (κ2) is 13.5. The summed E-state index contributed by atoms with van der Waals surface area (Å²) >= 11 is 0. The Balaban J connectivity index is 1.17. The van der Waals surface area contributed by atoms with E-state index >= 15 is 0 Å². The first-order chi connectivity index (χ1) is 20.1. The highest BCUT2D eigenvalue weighted by Gasteiger charge is 2.26. The molecule has 9 nitrogen and oxygen atoms in total. The molecule has 3 N–H and O–H groups in total. The van der Waals surface area contributed by atoms with Gasteiger partial charge in [-0.05, 0) is 60.7 Å². The second-order valence-corrected chi connectivity index (χ2v) is 9.83. The van der Waals surface area contributed by atoms with Crippen LogP contribution in [-0.4, -0.2) is 52.3 Å². The summed E-state index contributed by atoms with van der Waals surface area (Å²) in [6, 6.07) is 27.7. The summed E-state index contributed by atoms with van der Waals surface area (Å²) in [5.74, 6) is -0.627. The summed E-state index contributed by atoms with van der Waals surface area (Å²) in [5.41, 5.74) is 2.97. The van der Waals surface area contributed by atoms with E-state index in [-0.39, 0.29) is 12.7 Å². The van der Waals surface area contributed by atoms with Gasteiger partial charge in [0.05, 0.1) is 6.54 Å². The molecule has 0 radical (unpaired) electrons. The van der Waals surface area contributed by atoms with Gasteiger partial charge in [0, 0.05) is 30.2 Å². The fourth-order valence-corrected chi connectivity index (χ4v) is 4.87. The van der Waals surface area contributed by atoms with E-state index in [9.17, 15) is 14.7 Å². The summed E-state index contributed by atoms with van der Waals surface area (Å²) in [6.45, 7) is 0.599. The zero-order valence-electron chi connectivity index (χ0n) is 22.6. The van der Waals surface area contributed by atoms with Crippen molar-refractivity contribution in [1.82, 2.24) is 15.3 Å². The fourth-order valence-electron chi connectivity index (χ4n) is 4.87. The molecule has 0 unspecified atom stereocenters. The van der Waals surface area contributed by atoms with Gasteiger partial charge in [-0.15, -0.1) is 0 Å². The van der Waals surface area contributed by atoms with Crippen LogP contribution in [0.4, 0.5) is 11.6 Å². The summed E-state index contributed by atoms with van der Waals surface area (Å²) in [4.78, 5) is 36.4. The highest BCUT2D eigenvalue weighted by molar-refractivity contribution is 5.94. The smallest absolute Gasteiger partial charge is 0.337 e. The van der Waals surface area contributed by atoms with E-state index in [0.717, 1.165) is 42.6 Å². The number of aromatic nitrogens is 2. The molecule has 0 spiro atoms. The zero-order valence-corrected chi connectivity index (χ0v) is 22.6. The maximum absolute atomic E-state index is 12.8. The van der Waals surface area contributed by atoms with Crippen LogP contribution >= 0.6 is 0 Å². The molecule has 41 heavy (non-hydrogen) atoms. The molecule has 0 aliphatic carbocycles. The minimum absolute atomic E-state index is 0.0441. The number of aliphatic hydroxyl groups excluding tert-OH is 1. The molecule has 1 aromatic heterocycles. The molecule has 2 heterocycles. The average molecular weight is 552 g/mol. The lowest BCUT2D eigenvalue weighted by molar-refractivity contribution is -0.157.